The Morgan fingerprint density at radius 2 is 2.21 bits per heavy atom. The molecule has 19 heavy (non-hydrogen) atoms. The second kappa shape index (κ2) is 6.10. The zero-order valence-electron chi connectivity index (χ0n) is 10.6. The quantitative estimate of drug-likeness (QED) is 0.942. The second-order valence-electron chi connectivity index (χ2n) is 4.25. The van der Waals surface area contributed by atoms with Crippen LogP contribution in [-0.2, 0) is 6.54 Å². The smallest absolute Gasteiger partial charge is 0.286 e. The van der Waals surface area contributed by atoms with Gasteiger partial charge in [0.05, 0.1) is 0 Å². The summed E-state index contributed by atoms with van der Waals surface area (Å²) in [4.78, 5) is 13.9. The van der Waals surface area contributed by atoms with Gasteiger partial charge in [-0.3, -0.25) is 4.79 Å². The summed E-state index contributed by atoms with van der Waals surface area (Å²) in [6.45, 7) is 0.814. The third-order valence-corrected chi connectivity index (χ3v) is 3.30. The number of amides is 1. The fraction of sp³-hybridized carbons (Fsp3) is 0.250. The Balaban J connectivity index is 2.08. The number of halogens is 1. The van der Waals surface area contributed by atoms with E-state index in [2.05, 4.69) is 20.4 Å². The number of nitrogens with zero attached hydrogens (tertiary/aromatic N) is 3. The first kappa shape index (κ1) is 13.9. The molecule has 0 spiro atoms. The molecule has 1 heterocycles. The molecule has 100 valence electrons. The highest BCUT2D eigenvalue weighted by Gasteiger charge is 2.12. The molecule has 0 atom stereocenters. The minimum absolute atomic E-state index is 0.253. The SMILES string of the molecule is CN(C)Cc1cccc(NC(=O)c2nnc(Cl)s2)c1. The van der Waals surface area contributed by atoms with Gasteiger partial charge in [0, 0.05) is 12.2 Å². The van der Waals surface area contributed by atoms with E-state index in [1.165, 1.54) is 0 Å². The van der Waals surface area contributed by atoms with Crippen molar-refractivity contribution in [1.82, 2.24) is 15.1 Å². The molecule has 0 saturated heterocycles. The number of hydrogen-bond acceptors (Lipinski definition) is 5. The van der Waals surface area contributed by atoms with Crippen molar-refractivity contribution >= 4 is 34.5 Å². The van der Waals surface area contributed by atoms with Crippen molar-refractivity contribution in [3.05, 3.63) is 39.3 Å². The fourth-order valence-corrected chi connectivity index (χ4v) is 2.32. The summed E-state index contributed by atoms with van der Waals surface area (Å²) in [5, 5.41) is 10.3. The van der Waals surface area contributed by atoms with Gasteiger partial charge >= 0.3 is 0 Å². The molecule has 0 aliphatic heterocycles. The minimum atomic E-state index is -0.300. The predicted molar refractivity (Wildman–Crippen MR) is 76.7 cm³/mol. The molecule has 2 rings (SSSR count). The molecule has 7 heteroatoms. The number of benzene rings is 1. The van der Waals surface area contributed by atoms with E-state index in [9.17, 15) is 4.79 Å². The Labute approximate surface area is 120 Å². The first-order valence-corrected chi connectivity index (χ1v) is 6.78. The van der Waals surface area contributed by atoms with Crippen molar-refractivity contribution in [1.29, 1.82) is 0 Å². The molecule has 1 aromatic carbocycles. The molecule has 0 bridgehead atoms. The largest absolute Gasteiger partial charge is 0.320 e. The molecule has 0 aliphatic carbocycles. The van der Waals surface area contributed by atoms with Crippen LogP contribution in [0.3, 0.4) is 0 Å². The van der Waals surface area contributed by atoms with Crippen LogP contribution in [0.2, 0.25) is 4.47 Å². The van der Waals surface area contributed by atoms with Crippen molar-refractivity contribution in [2.45, 2.75) is 6.54 Å². The molecule has 1 N–H and O–H groups in total. The molecule has 5 nitrogen and oxygen atoms in total. The molecule has 0 fully saturated rings. The van der Waals surface area contributed by atoms with Gasteiger partial charge in [0.15, 0.2) is 0 Å². The zero-order chi connectivity index (χ0) is 13.8. The zero-order valence-corrected chi connectivity index (χ0v) is 12.1. The lowest BCUT2D eigenvalue weighted by atomic mass is 10.2. The van der Waals surface area contributed by atoms with Gasteiger partial charge in [-0.25, -0.2) is 0 Å². The Morgan fingerprint density at radius 1 is 1.42 bits per heavy atom. The van der Waals surface area contributed by atoms with E-state index >= 15 is 0 Å². The van der Waals surface area contributed by atoms with Crippen molar-refractivity contribution in [2.24, 2.45) is 0 Å². The van der Waals surface area contributed by atoms with Gasteiger partial charge in [0.1, 0.15) is 0 Å². The van der Waals surface area contributed by atoms with Crippen LogP contribution < -0.4 is 5.32 Å². The molecule has 1 aromatic heterocycles. The molecule has 0 unspecified atom stereocenters. The van der Waals surface area contributed by atoms with Gasteiger partial charge in [0.25, 0.3) is 5.91 Å². The Hall–Kier alpha value is -1.50. The highest BCUT2D eigenvalue weighted by atomic mass is 35.5. The van der Waals surface area contributed by atoms with E-state index in [4.69, 9.17) is 11.6 Å². The lowest BCUT2D eigenvalue weighted by Gasteiger charge is -2.11. The van der Waals surface area contributed by atoms with Crippen LogP contribution in [0.4, 0.5) is 5.69 Å². The van der Waals surface area contributed by atoms with E-state index < -0.39 is 0 Å². The van der Waals surface area contributed by atoms with Crippen LogP contribution in [0.25, 0.3) is 0 Å². The summed E-state index contributed by atoms with van der Waals surface area (Å²) in [6.07, 6.45) is 0. The molecule has 1 amide bonds. The maximum Gasteiger partial charge on any atom is 0.286 e. The van der Waals surface area contributed by atoms with Crippen molar-refractivity contribution in [3.63, 3.8) is 0 Å². The summed E-state index contributed by atoms with van der Waals surface area (Å²) in [5.41, 5.74) is 1.86. The number of hydrogen-bond donors (Lipinski definition) is 1. The van der Waals surface area contributed by atoms with Crippen LogP contribution in [0.5, 0.6) is 0 Å². The van der Waals surface area contributed by atoms with E-state index in [1.807, 2.05) is 38.4 Å². The van der Waals surface area contributed by atoms with Crippen LogP contribution in [0.1, 0.15) is 15.4 Å². The Bertz CT molecular complexity index is 585. The third-order valence-electron chi connectivity index (χ3n) is 2.28. The monoisotopic (exact) mass is 296 g/mol. The molecule has 0 saturated carbocycles. The van der Waals surface area contributed by atoms with Gasteiger partial charge in [-0.15, -0.1) is 10.2 Å². The number of carbonyl (C=O) groups excluding carboxylic acids is 1. The van der Waals surface area contributed by atoms with Crippen molar-refractivity contribution < 1.29 is 4.79 Å². The number of rotatable bonds is 4. The van der Waals surface area contributed by atoms with Gasteiger partial charge in [-0.05, 0) is 43.4 Å². The van der Waals surface area contributed by atoms with Gasteiger partial charge in [-0.2, -0.15) is 0 Å². The van der Waals surface area contributed by atoms with Crippen molar-refractivity contribution in [2.75, 3.05) is 19.4 Å². The second-order valence-corrected chi connectivity index (χ2v) is 5.81. The maximum atomic E-state index is 11.9. The van der Waals surface area contributed by atoms with Crippen LogP contribution >= 0.6 is 22.9 Å². The summed E-state index contributed by atoms with van der Waals surface area (Å²) < 4.78 is 0.256. The summed E-state index contributed by atoms with van der Waals surface area (Å²) >= 11 is 6.70. The van der Waals surface area contributed by atoms with Crippen LogP contribution in [0.15, 0.2) is 24.3 Å². The van der Waals surface area contributed by atoms with E-state index in [-0.39, 0.29) is 15.4 Å². The Morgan fingerprint density at radius 3 is 2.84 bits per heavy atom. The van der Waals surface area contributed by atoms with E-state index in [0.717, 1.165) is 29.1 Å². The Kier molecular flexibility index (Phi) is 4.47. The van der Waals surface area contributed by atoms with Crippen molar-refractivity contribution in [3.8, 4) is 0 Å². The number of carbonyl (C=O) groups is 1. The normalized spacial score (nSPS) is 10.7. The first-order valence-electron chi connectivity index (χ1n) is 5.58. The fourth-order valence-electron chi connectivity index (χ4n) is 1.59. The lowest BCUT2D eigenvalue weighted by Crippen LogP contribution is -2.13. The third kappa shape index (κ3) is 3.99. The molecule has 2 aromatic rings. The number of anilines is 1. The van der Waals surface area contributed by atoms with Gasteiger partial charge < -0.3 is 10.2 Å². The standard InChI is InChI=1S/C12H13ClN4OS/c1-17(2)7-8-4-3-5-9(6-8)14-10(18)11-15-16-12(13)19-11/h3-6H,7H2,1-2H3,(H,14,18). The van der Waals surface area contributed by atoms with E-state index in [0.29, 0.717) is 0 Å². The van der Waals surface area contributed by atoms with Crippen LogP contribution in [-0.4, -0.2) is 35.1 Å². The number of nitrogens with one attached hydrogen (secondary N) is 1. The van der Waals surface area contributed by atoms with E-state index in [1.54, 1.807) is 0 Å². The summed E-state index contributed by atoms with van der Waals surface area (Å²) in [7, 11) is 3.99. The highest BCUT2D eigenvalue weighted by molar-refractivity contribution is 7.17. The van der Waals surface area contributed by atoms with Gasteiger partial charge in [-0.1, -0.05) is 23.5 Å². The minimum Gasteiger partial charge on any atom is -0.320 e. The molecule has 0 radical (unpaired) electrons. The summed E-state index contributed by atoms with van der Waals surface area (Å²) in [6, 6.07) is 7.68. The molecular weight excluding hydrogens is 284 g/mol. The maximum absolute atomic E-state index is 11.9. The summed E-state index contributed by atoms with van der Waals surface area (Å²) in [5.74, 6) is -0.300. The lowest BCUT2D eigenvalue weighted by molar-refractivity contribution is 0.102. The van der Waals surface area contributed by atoms with Crippen LogP contribution in [0, 0.1) is 0 Å². The average Bonchev–Trinajstić information content (AvgIpc) is 2.75. The van der Waals surface area contributed by atoms with Gasteiger partial charge in [0.2, 0.25) is 9.47 Å². The predicted octanol–water partition coefficient (Wildman–Crippen LogP) is 2.51. The first-order chi connectivity index (χ1) is 9.04. The molecule has 0 aliphatic rings. The average molecular weight is 297 g/mol. The highest BCUT2D eigenvalue weighted by Crippen LogP contribution is 2.17. The molecular formula is C12H13ClN4OS. The number of aromatic nitrogens is 2. The topological polar surface area (TPSA) is 58.1 Å².